The van der Waals surface area contributed by atoms with Gasteiger partial charge < -0.3 is 0 Å². The monoisotopic (exact) mass is 311 g/mol. The standard InChI is InChI=1S/C14H11F2NO3S/c1-21(19,20)17-11-5-2-9(3-6-11)14(18)10-4-7-12(15)13(16)8-10/h2-8,17H,1H3. The topological polar surface area (TPSA) is 63.2 Å². The van der Waals surface area contributed by atoms with E-state index >= 15 is 0 Å². The van der Waals surface area contributed by atoms with Gasteiger partial charge in [-0.2, -0.15) is 0 Å². The van der Waals surface area contributed by atoms with E-state index in [0.29, 0.717) is 5.69 Å². The fraction of sp³-hybridized carbons (Fsp3) is 0.0714. The molecule has 1 N–H and O–H groups in total. The third kappa shape index (κ3) is 3.85. The van der Waals surface area contributed by atoms with Crippen LogP contribution in [0.5, 0.6) is 0 Å². The number of hydrogen-bond acceptors (Lipinski definition) is 3. The van der Waals surface area contributed by atoms with E-state index in [-0.39, 0.29) is 11.1 Å². The highest BCUT2D eigenvalue weighted by molar-refractivity contribution is 7.92. The van der Waals surface area contributed by atoms with Crippen LogP contribution in [0.4, 0.5) is 14.5 Å². The van der Waals surface area contributed by atoms with Crippen molar-refractivity contribution < 1.29 is 22.0 Å². The molecule has 0 saturated carbocycles. The van der Waals surface area contributed by atoms with Crippen LogP contribution in [0.25, 0.3) is 0 Å². The van der Waals surface area contributed by atoms with Crippen molar-refractivity contribution in [1.29, 1.82) is 0 Å². The molecule has 110 valence electrons. The molecular formula is C14H11F2NO3S. The van der Waals surface area contributed by atoms with Gasteiger partial charge in [0.1, 0.15) is 0 Å². The van der Waals surface area contributed by atoms with Gasteiger partial charge in [-0.25, -0.2) is 17.2 Å². The number of ketones is 1. The van der Waals surface area contributed by atoms with Crippen molar-refractivity contribution in [3.05, 3.63) is 65.2 Å². The van der Waals surface area contributed by atoms with Gasteiger partial charge in [0.25, 0.3) is 0 Å². The molecule has 0 amide bonds. The average Bonchev–Trinajstić information content (AvgIpc) is 2.40. The molecule has 0 radical (unpaired) electrons. The van der Waals surface area contributed by atoms with E-state index in [9.17, 15) is 22.0 Å². The van der Waals surface area contributed by atoms with Gasteiger partial charge in [0.15, 0.2) is 17.4 Å². The molecule has 0 aromatic heterocycles. The summed E-state index contributed by atoms with van der Waals surface area (Å²) >= 11 is 0. The van der Waals surface area contributed by atoms with E-state index < -0.39 is 27.4 Å². The van der Waals surface area contributed by atoms with Gasteiger partial charge in [-0.05, 0) is 42.5 Å². The molecule has 2 aromatic carbocycles. The number of rotatable bonds is 4. The molecule has 0 unspecified atom stereocenters. The van der Waals surface area contributed by atoms with E-state index in [1.165, 1.54) is 30.3 Å². The molecule has 0 saturated heterocycles. The van der Waals surface area contributed by atoms with Gasteiger partial charge in [0.05, 0.1) is 6.26 Å². The van der Waals surface area contributed by atoms with E-state index in [0.717, 1.165) is 18.4 Å². The largest absolute Gasteiger partial charge is 0.289 e. The van der Waals surface area contributed by atoms with Crippen molar-refractivity contribution in [2.75, 3.05) is 11.0 Å². The Labute approximate surface area is 120 Å². The second kappa shape index (κ2) is 5.61. The molecule has 7 heteroatoms. The number of nitrogens with one attached hydrogen (secondary N) is 1. The van der Waals surface area contributed by atoms with Crippen LogP contribution in [0.1, 0.15) is 15.9 Å². The minimum absolute atomic E-state index is 0.0118. The molecule has 0 bridgehead atoms. The molecule has 0 spiro atoms. The van der Waals surface area contributed by atoms with Crippen LogP contribution in [0.15, 0.2) is 42.5 Å². The molecule has 0 aliphatic heterocycles. The predicted octanol–water partition coefficient (Wildman–Crippen LogP) is 2.57. The Bertz CT molecular complexity index is 786. The third-order valence-electron chi connectivity index (χ3n) is 2.63. The first-order valence-corrected chi connectivity index (χ1v) is 7.73. The molecule has 4 nitrogen and oxygen atoms in total. The summed E-state index contributed by atoms with van der Waals surface area (Å²) in [6.07, 6.45) is 1.01. The smallest absolute Gasteiger partial charge is 0.229 e. The Morgan fingerprint density at radius 3 is 2.05 bits per heavy atom. The summed E-state index contributed by atoms with van der Waals surface area (Å²) in [5.41, 5.74) is 0.553. The summed E-state index contributed by atoms with van der Waals surface area (Å²) in [6.45, 7) is 0. The first-order valence-electron chi connectivity index (χ1n) is 5.84. The number of benzene rings is 2. The minimum atomic E-state index is -3.40. The zero-order chi connectivity index (χ0) is 15.6. The Morgan fingerprint density at radius 1 is 0.952 bits per heavy atom. The fourth-order valence-electron chi connectivity index (χ4n) is 1.71. The number of anilines is 1. The average molecular weight is 311 g/mol. The lowest BCUT2D eigenvalue weighted by Gasteiger charge is -2.05. The van der Waals surface area contributed by atoms with Crippen LogP contribution >= 0.6 is 0 Å². The van der Waals surface area contributed by atoms with Crippen LogP contribution in [0.3, 0.4) is 0 Å². The number of carbonyl (C=O) groups excluding carboxylic acids is 1. The van der Waals surface area contributed by atoms with Crippen molar-refractivity contribution in [3.63, 3.8) is 0 Å². The summed E-state index contributed by atoms with van der Waals surface area (Å²) in [7, 11) is -3.40. The lowest BCUT2D eigenvalue weighted by atomic mass is 10.0. The number of carbonyl (C=O) groups is 1. The summed E-state index contributed by atoms with van der Waals surface area (Å²) in [4.78, 5) is 12.1. The van der Waals surface area contributed by atoms with Crippen LogP contribution < -0.4 is 4.72 Å². The Kier molecular flexibility index (Phi) is 4.04. The van der Waals surface area contributed by atoms with Crippen molar-refractivity contribution in [3.8, 4) is 0 Å². The van der Waals surface area contributed by atoms with Gasteiger partial charge in [-0.3, -0.25) is 9.52 Å². The van der Waals surface area contributed by atoms with E-state index in [2.05, 4.69) is 4.72 Å². The molecule has 0 heterocycles. The van der Waals surface area contributed by atoms with Crippen LogP contribution in [0.2, 0.25) is 0 Å². The third-order valence-corrected chi connectivity index (χ3v) is 3.24. The zero-order valence-electron chi connectivity index (χ0n) is 10.9. The lowest BCUT2D eigenvalue weighted by molar-refractivity contribution is 0.103. The maximum absolute atomic E-state index is 13.1. The van der Waals surface area contributed by atoms with Crippen molar-refractivity contribution in [1.82, 2.24) is 0 Å². The maximum atomic E-state index is 13.1. The van der Waals surface area contributed by atoms with Crippen molar-refractivity contribution >= 4 is 21.5 Å². The van der Waals surface area contributed by atoms with Gasteiger partial charge in [-0.15, -0.1) is 0 Å². The van der Waals surface area contributed by atoms with Gasteiger partial charge in [0.2, 0.25) is 10.0 Å². The molecule has 2 rings (SSSR count). The second-order valence-corrected chi connectivity index (χ2v) is 6.16. The van der Waals surface area contributed by atoms with Crippen LogP contribution in [0, 0.1) is 11.6 Å². The SMILES string of the molecule is CS(=O)(=O)Nc1ccc(C(=O)c2ccc(F)c(F)c2)cc1. The fourth-order valence-corrected chi connectivity index (χ4v) is 2.27. The molecule has 2 aromatic rings. The minimum Gasteiger partial charge on any atom is -0.289 e. The van der Waals surface area contributed by atoms with Gasteiger partial charge >= 0.3 is 0 Å². The maximum Gasteiger partial charge on any atom is 0.229 e. The summed E-state index contributed by atoms with van der Waals surface area (Å²) in [5, 5.41) is 0. The van der Waals surface area contributed by atoms with Gasteiger partial charge in [0, 0.05) is 16.8 Å². The highest BCUT2D eigenvalue weighted by Gasteiger charge is 2.12. The van der Waals surface area contributed by atoms with E-state index in [4.69, 9.17) is 0 Å². The normalized spacial score (nSPS) is 11.2. The predicted molar refractivity (Wildman–Crippen MR) is 74.7 cm³/mol. The van der Waals surface area contributed by atoms with Gasteiger partial charge in [-0.1, -0.05) is 0 Å². The highest BCUT2D eigenvalue weighted by atomic mass is 32.2. The number of halogens is 2. The van der Waals surface area contributed by atoms with Crippen LogP contribution in [-0.2, 0) is 10.0 Å². The summed E-state index contributed by atoms with van der Waals surface area (Å²) < 4.78 is 50.3. The quantitative estimate of drug-likeness (QED) is 0.883. The summed E-state index contributed by atoms with van der Waals surface area (Å²) in [5.74, 6) is -2.62. The van der Waals surface area contributed by atoms with Crippen molar-refractivity contribution in [2.24, 2.45) is 0 Å². The first-order chi connectivity index (χ1) is 9.76. The second-order valence-electron chi connectivity index (χ2n) is 4.41. The Hall–Kier alpha value is -2.28. The number of hydrogen-bond donors (Lipinski definition) is 1. The first kappa shape index (κ1) is 15.1. The molecule has 0 atom stereocenters. The number of sulfonamides is 1. The molecule has 0 fully saturated rings. The lowest BCUT2D eigenvalue weighted by Crippen LogP contribution is -2.09. The van der Waals surface area contributed by atoms with E-state index in [1.54, 1.807) is 0 Å². The van der Waals surface area contributed by atoms with Crippen molar-refractivity contribution in [2.45, 2.75) is 0 Å². The van der Waals surface area contributed by atoms with Crippen LogP contribution in [-0.4, -0.2) is 20.5 Å². The molecule has 0 aliphatic carbocycles. The summed E-state index contributed by atoms with van der Waals surface area (Å²) in [6, 6.07) is 8.50. The Balaban J connectivity index is 2.25. The van der Waals surface area contributed by atoms with E-state index in [1.807, 2.05) is 0 Å². The highest BCUT2D eigenvalue weighted by Crippen LogP contribution is 2.16. The zero-order valence-corrected chi connectivity index (χ0v) is 11.7. The molecule has 21 heavy (non-hydrogen) atoms. The molecular weight excluding hydrogens is 300 g/mol. The Morgan fingerprint density at radius 2 is 1.52 bits per heavy atom. The molecule has 0 aliphatic rings.